The predicted octanol–water partition coefficient (Wildman–Crippen LogP) is 3.07. The summed E-state index contributed by atoms with van der Waals surface area (Å²) < 4.78 is 5.79. The van der Waals surface area contributed by atoms with E-state index in [0.717, 1.165) is 31.5 Å². The Hall–Kier alpha value is -2.04. The summed E-state index contributed by atoms with van der Waals surface area (Å²) in [4.78, 5) is 2.35. The number of nitrogens with zero attached hydrogens (tertiary/aromatic N) is 1. The Morgan fingerprint density at radius 2 is 1.75 bits per heavy atom. The molecule has 4 heteroatoms. The number of hydrogen-bond donors (Lipinski definition) is 2. The molecule has 2 aromatic rings. The Morgan fingerprint density at radius 1 is 1.00 bits per heavy atom. The lowest BCUT2D eigenvalue weighted by atomic mass is 9.87. The van der Waals surface area contributed by atoms with E-state index in [9.17, 15) is 10.2 Å². The van der Waals surface area contributed by atoms with Gasteiger partial charge in [0.2, 0.25) is 0 Å². The first-order chi connectivity index (χ1) is 11.7. The van der Waals surface area contributed by atoms with Crippen LogP contribution < -0.4 is 4.74 Å². The highest BCUT2D eigenvalue weighted by atomic mass is 16.5. The smallest absolute Gasteiger partial charge is 0.128 e. The summed E-state index contributed by atoms with van der Waals surface area (Å²) in [5.41, 5.74) is 2.19. The van der Waals surface area contributed by atoms with Gasteiger partial charge in [0.15, 0.2) is 0 Å². The van der Waals surface area contributed by atoms with Crippen LogP contribution in [-0.4, -0.2) is 40.9 Å². The molecule has 2 heterocycles. The summed E-state index contributed by atoms with van der Waals surface area (Å²) in [6, 6.07) is 15.6. The van der Waals surface area contributed by atoms with Crippen LogP contribution in [0.2, 0.25) is 0 Å². The average Bonchev–Trinajstić information content (AvgIpc) is 2.63. The largest absolute Gasteiger partial charge is 0.508 e. The Balaban J connectivity index is 1.44. The van der Waals surface area contributed by atoms with Crippen LogP contribution in [0.1, 0.15) is 36.0 Å². The fourth-order valence-corrected chi connectivity index (χ4v) is 3.96. The van der Waals surface area contributed by atoms with Crippen molar-refractivity contribution in [2.24, 2.45) is 0 Å². The van der Waals surface area contributed by atoms with E-state index in [1.165, 1.54) is 5.56 Å². The minimum absolute atomic E-state index is 0.0150. The van der Waals surface area contributed by atoms with Crippen LogP contribution in [0.5, 0.6) is 11.5 Å². The zero-order valence-electron chi connectivity index (χ0n) is 13.6. The molecule has 0 radical (unpaired) electrons. The van der Waals surface area contributed by atoms with Gasteiger partial charge in [0.1, 0.15) is 24.2 Å². The average molecular weight is 325 g/mol. The molecular formula is C20H23NO3. The van der Waals surface area contributed by atoms with Crippen molar-refractivity contribution in [3.63, 3.8) is 0 Å². The lowest BCUT2D eigenvalue weighted by Gasteiger charge is -2.41. The highest BCUT2D eigenvalue weighted by Crippen LogP contribution is 2.38. The summed E-state index contributed by atoms with van der Waals surface area (Å²) in [5, 5.41) is 20.3. The van der Waals surface area contributed by atoms with Gasteiger partial charge in [-0.05, 0) is 49.5 Å². The number of phenolic OH excluding ortho intramolecular Hbond substituents is 1. The number of aliphatic hydroxyl groups excluding tert-OH is 1. The van der Waals surface area contributed by atoms with Crippen LogP contribution in [0.3, 0.4) is 0 Å². The quantitative estimate of drug-likeness (QED) is 0.891. The highest BCUT2D eigenvalue weighted by molar-refractivity contribution is 5.43. The molecular weight excluding hydrogens is 302 g/mol. The first-order valence-electron chi connectivity index (χ1n) is 8.65. The number of rotatable bonds is 2. The highest BCUT2D eigenvalue weighted by Gasteiger charge is 2.35. The maximum Gasteiger partial charge on any atom is 0.128 e. The lowest BCUT2D eigenvalue weighted by Crippen LogP contribution is -2.48. The fourth-order valence-electron chi connectivity index (χ4n) is 3.96. The van der Waals surface area contributed by atoms with E-state index >= 15 is 0 Å². The normalized spacial score (nSPS) is 25.0. The van der Waals surface area contributed by atoms with E-state index in [2.05, 4.69) is 35.2 Å². The minimum Gasteiger partial charge on any atom is -0.508 e. The second-order valence-corrected chi connectivity index (χ2v) is 6.77. The SMILES string of the molecule is Oc1ccc2c(c1)OC[C@@H](N1CCC(c3ccccc3)CC1)[C@H]2O. The second-order valence-electron chi connectivity index (χ2n) is 6.77. The molecule has 126 valence electrons. The van der Waals surface area contributed by atoms with Crippen molar-refractivity contribution in [1.29, 1.82) is 0 Å². The molecule has 0 unspecified atom stereocenters. The van der Waals surface area contributed by atoms with E-state index in [1.807, 2.05) is 0 Å². The van der Waals surface area contributed by atoms with E-state index < -0.39 is 6.10 Å². The summed E-state index contributed by atoms with van der Waals surface area (Å²) in [6.45, 7) is 2.41. The number of ether oxygens (including phenoxy) is 1. The molecule has 2 aliphatic heterocycles. The van der Waals surface area contributed by atoms with Crippen molar-refractivity contribution < 1.29 is 14.9 Å². The molecule has 0 amide bonds. The third kappa shape index (κ3) is 2.87. The van der Waals surface area contributed by atoms with Gasteiger partial charge < -0.3 is 14.9 Å². The molecule has 4 nitrogen and oxygen atoms in total. The molecule has 2 N–H and O–H groups in total. The molecule has 0 aromatic heterocycles. The topological polar surface area (TPSA) is 52.9 Å². The number of aliphatic hydroxyl groups is 1. The number of likely N-dealkylation sites (tertiary alicyclic amines) is 1. The molecule has 0 spiro atoms. The molecule has 2 aromatic carbocycles. The van der Waals surface area contributed by atoms with Crippen molar-refractivity contribution in [3.8, 4) is 11.5 Å². The lowest BCUT2D eigenvalue weighted by molar-refractivity contribution is -0.00676. The molecule has 24 heavy (non-hydrogen) atoms. The maximum atomic E-state index is 10.7. The zero-order valence-corrected chi connectivity index (χ0v) is 13.6. The number of fused-ring (bicyclic) bond motifs is 1. The molecule has 0 aliphatic carbocycles. The number of aromatic hydroxyl groups is 1. The van der Waals surface area contributed by atoms with Gasteiger partial charge in [0, 0.05) is 11.6 Å². The van der Waals surface area contributed by atoms with Crippen LogP contribution in [0, 0.1) is 0 Å². The summed E-state index contributed by atoms with van der Waals surface area (Å²) in [5.74, 6) is 1.37. The Morgan fingerprint density at radius 3 is 2.50 bits per heavy atom. The first kappa shape index (κ1) is 15.5. The van der Waals surface area contributed by atoms with Crippen LogP contribution >= 0.6 is 0 Å². The van der Waals surface area contributed by atoms with Gasteiger partial charge in [0.05, 0.1) is 6.04 Å². The van der Waals surface area contributed by atoms with E-state index in [4.69, 9.17) is 4.74 Å². The van der Waals surface area contributed by atoms with Crippen molar-refractivity contribution in [1.82, 2.24) is 4.90 Å². The standard InChI is InChI=1S/C20H23NO3/c22-16-6-7-17-19(12-16)24-13-18(20(17)23)21-10-8-15(9-11-21)14-4-2-1-3-5-14/h1-7,12,15,18,20,22-23H,8-11,13H2/t18-,20+/m1/s1. The van der Waals surface area contributed by atoms with Gasteiger partial charge in [-0.3, -0.25) is 4.90 Å². The maximum absolute atomic E-state index is 10.7. The molecule has 0 saturated carbocycles. The molecule has 0 bridgehead atoms. The van der Waals surface area contributed by atoms with Crippen molar-refractivity contribution in [2.75, 3.05) is 19.7 Å². The van der Waals surface area contributed by atoms with Crippen LogP contribution in [-0.2, 0) is 0 Å². The van der Waals surface area contributed by atoms with E-state index in [1.54, 1.807) is 18.2 Å². The third-order valence-electron chi connectivity index (χ3n) is 5.36. The minimum atomic E-state index is -0.567. The number of benzene rings is 2. The second kappa shape index (κ2) is 6.46. The first-order valence-corrected chi connectivity index (χ1v) is 8.65. The molecule has 2 aliphatic rings. The summed E-state index contributed by atoms with van der Waals surface area (Å²) in [6.07, 6.45) is 1.65. The summed E-state index contributed by atoms with van der Waals surface area (Å²) >= 11 is 0. The molecule has 2 atom stereocenters. The fraction of sp³-hybridized carbons (Fsp3) is 0.400. The summed E-state index contributed by atoms with van der Waals surface area (Å²) in [7, 11) is 0. The van der Waals surface area contributed by atoms with Crippen LogP contribution in [0.4, 0.5) is 0 Å². The van der Waals surface area contributed by atoms with Crippen molar-refractivity contribution >= 4 is 0 Å². The molecule has 4 rings (SSSR count). The monoisotopic (exact) mass is 325 g/mol. The van der Waals surface area contributed by atoms with E-state index in [0.29, 0.717) is 18.3 Å². The van der Waals surface area contributed by atoms with Crippen LogP contribution in [0.25, 0.3) is 0 Å². The van der Waals surface area contributed by atoms with Gasteiger partial charge in [-0.1, -0.05) is 30.3 Å². The van der Waals surface area contributed by atoms with Crippen molar-refractivity contribution in [3.05, 3.63) is 59.7 Å². The van der Waals surface area contributed by atoms with Gasteiger partial charge in [-0.15, -0.1) is 0 Å². The zero-order chi connectivity index (χ0) is 16.5. The molecule has 1 fully saturated rings. The number of piperidine rings is 1. The third-order valence-corrected chi connectivity index (χ3v) is 5.36. The van der Waals surface area contributed by atoms with Crippen molar-refractivity contribution in [2.45, 2.75) is 30.9 Å². The van der Waals surface area contributed by atoms with Gasteiger partial charge in [0.25, 0.3) is 0 Å². The van der Waals surface area contributed by atoms with Gasteiger partial charge in [-0.25, -0.2) is 0 Å². The Labute approximate surface area is 142 Å². The van der Waals surface area contributed by atoms with E-state index in [-0.39, 0.29) is 11.8 Å². The number of hydrogen-bond acceptors (Lipinski definition) is 4. The van der Waals surface area contributed by atoms with Gasteiger partial charge >= 0.3 is 0 Å². The predicted molar refractivity (Wildman–Crippen MR) is 92.3 cm³/mol. The number of phenols is 1. The molecule has 1 saturated heterocycles. The van der Waals surface area contributed by atoms with Gasteiger partial charge in [-0.2, -0.15) is 0 Å². The Bertz CT molecular complexity index is 695. The Kier molecular flexibility index (Phi) is 4.17. The van der Waals surface area contributed by atoms with Crippen LogP contribution in [0.15, 0.2) is 48.5 Å².